The van der Waals surface area contributed by atoms with Gasteiger partial charge in [0.05, 0.1) is 0 Å². The zero-order valence-corrected chi connectivity index (χ0v) is 11.3. The third-order valence-corrected chi connectivity index (χ3v) is 10.0. The minimum atomic E-state index is -1.71. The summed E-state index contributed by atoms with van der Waals surface area (Å²) in [5, 5.41) is 0. The van der Waals surface area contributed by atoms with Crippen LogP contribution < -0.4 is 0 Å². The van der Waals surface area contributed by atoms with Crippen LogP contribution >= 0.6 is 7.58 Å². The van der Waals surface area contributed by atoms with Crippen LogP contribution in [0.2, 0.25) is 39.3 Å². The van der Waals surface area contributed by atoms with E-state index in [1.54, 1.807) is 0 Å². The van der Waals surface area contributed by atoms with E-state index in [0.717, 1.165) is 0 Å². The largest absolute Gasteiger partial charge is 0.376 e. The zero-order valence-electron chi connectivity index (χ0n) is 8.32. The second-order valence-corrected chi connectivity index (χ2v) is 20.6. The van der Waals surface area contributed by atoms with Gasteiger partial charge in [-0.05, 0) is 19.6 Å². The van der Waals surface area contributed by atoms with Crippen molar-refractivity contribution in [1.82, 2.24) is 0 Å². The molecule has 0 aromatic carbocycles. The molecule has 0 aromatic rings. The second kappa shape index (κ2) is 3.56. The SMILES string of the molecule is C[Si](C)(C)O[PH](=O)[Si](C)(C)C. The molecule has 0 saturated heterocycles. The molecule has 0 amide bonds. The van der Waals surface area contributed by atoms with Gasteiger partial charge in [0.1, 0.15) is 7.74 Å². The molecule has 2 nitrogen and oxygen atoms in total. The van der Waals surface area contributed by atoms with Crippen molar-refractivity contribution in [3.63, 3.8) is 0 Å². The van der Waals surface area contributed by atoms with Gasteiger partial charge < -0.3 is 8.78 Å². The summed E-state index contributed by atoms with van der Waals surface area (Å²) in [6.07, 6.45) is 0. The summed E-state index contributed by atoms with van der Waals surface area (Å²) < 4.78 is 17.1. The van der Waals surface area contributed by atoms with Crippen LogP contribution in [0.4, 0.5) is 0 Å². The molecule has 68 valence electrons. The van der Waals surface area contributed by atoms with Gasteiger partial charge in [0.25, 0.3) is 0 Å². The second-order valence-electron chi connectivity index (χ2n) is 4.75. The summed E-state index contributed by atoms with van der Waals surface area (Å²) in [5.41, 5.74) is 0. The summed E-state index contributed by atoms with van der Waals surface area (Å²) in [4.78, 5) is 0. The predicted molar refractivity (Wildman–Crippen MR) is 56.8 cm³/mol. The van der Waals surface area contributed by atoms with Crippen molar-refractivity contribution in [2.45, 2.75) is 39.3 Å². The summed E-state index contributed by atoms with van der Waals surface area (Å²) >= 11 is 0. The molecule has 11 heavy (non-hydrogen) atoms. The maximum absolute atomic E-state index is 11.5. The van der Waals surface area contributed by atoms with E-state index in [0.29, 0.717) is 0 Å². The average Bonchev–Trinajstić information content (AvgIpc) is 1.56. The first-order valence-electron chi connectivity index (χ1n) is 3.86. The van der Waals surface area contributed by atoms with E-state index in [1.807, 2.05) is 0 Å². The molecular formula is C6H19O2PSi2. The Morgan fingerprint density at radius 2 is 1.36 bits per heavy atom. The normalized spacial score (nSPS) is 16.5. The fourth-order valence-corrected chi connectivity index (χ4v) is 9.39. The van der Waals surface area contributed by atoms with Gasteiger partial charge in [-0.1, -0.05) is 19.6 Å². The molecule has 0 aliphatic carbocycles. The lowest BCUT2D eigenvalue weighted by molar-refractivity contribution is 0.517. The molecule has 5 heteroatoms. The zero-order chi connectivity index (χ0) is 9.28. The Morgan fingerprint density at radius 3 is 1.45 bits per heavy atom. The fraction of sp³-hybridized carbons (Fsp3) is 1.00. The van der Waals surface area contributed by atoms with Crippen LogP contribution in [-0.4, -0.2) is 16.1 Å². The fourth-order valence-electron chi connectivity index (χ4n) is 0.431. The van der Waals surface area contributed by atoms with Crippen molar-refractivity contribution < 1.29 is 8.78 Å². The summed E-state index contributed by atoms with van der Waals surface area (Å²) in [5.74, 6) is 0. The Bertz CT molecular complexity index is 157. The van der Waals surface area contributed by atoms with Gasteiger partial charge in [0.15, 0.2) is 15.9 Å². The molecule has 0 aromatic heterocycles. The van der Waals surface area contributed by atoms with Gasteiger partial charge in [0, 0.05) is 0 Å². The molecule has 0 bridgehead atoms. The number of hydrogen-bond donors (Lipinski definition) is 0. The van der Waals surface area contributed by atoms with E-state index in [-0.39, 0.29) is 0 Å². The highest BCUT2D eigenvalue weighted by molar-refractivity contribution is 7.83. The summed E-state index contributed by atoms with van der Waals surface area (Å²) in [6.45, 7) is 12.5. The Kier molecular flexibility index (Phi) is 3.76. The molecule has 0 radical (unpaired) electrons. The van der Waals surface area contributed by atoms with Gasteiger partial charge >= 0.3 is 0 Å². The van der Waals surface area contributed by atoms with Crippen molar-refractivity contribution in [2.75, 3.05) is 0 Å². The predicted octanol–water partition coefficient (Wildman–Crippen LogP) is 3.15. The Labute approximate surface area is 72.2 Å². The molecule has 0 aliphatic rings. The van der Waals surface area contributed by atoms with Gasteiger partial charge in [-0.2, -0.15) is 0 Å². The molecule has 0 rings (SSSR count). The van der Waals surface area contributed by atoms with Crippen LogP contribution in [0.5, 0.6) is 0 Å². The Balaban J connectivity index is 4.11. The lowest BCUT2D eigenvalue weighted by Gasteiger charge is -2.23. The van der Waals surface area contributed by atoms with Crippen LogP contribution in [0.3, 0.4) is 0 Å². The standard InChI is InChI=1S/C6H19O2PSi2/c1-10(2,3)8-9(7)11(4,5)6/h9H,1-6H3. The van der Waals surface area contributed by atoms with Gasteiger partial charge in [-0.25, -0.2) is 0 Å². The highest BCUT2D eigenvalue weighted by atomic mass is 31.4. The van der Waals surface area contributed by atoms with Crippen LogP contribution in [0.25, 0.3) is 0 Å². The minimum absolute atomic E-state index is 1.51. The van der Waals surface area contributed by atoms with E-state index >= 15 is 0 Å². The first-order valence-corrected chi connectivity index (χ1v) is 13.1. The van der Waals surface area contributed by atoms with Gasteiger partial charge in [0.2, 0.25) is 0 Å². The van der Waals surface area contributed by atoms with Crippen LogP contribution in [0.15, 0.2) is 0 Å². The number of rotatable bonds is 3. The van der Waals surface area contributed by atoms with Gasteiger partial charge in [-0.3, -0.25) is 0 Å². The third-order valence-electron chi connectivity index (χ3n) is 1.01. The molecule has 0 heterocycles. The van der Waals surface area contributed by atoms with E-state index in [1.165, 1.54) is 0 Å². The maximum Gasteiger partial charge on any atom is 0.191 e. The highest BCUT2D eigenvalue weighted by Gasteiger charge is 2.28. The lowest BCUT2D eigenvalue weighted by atomic mass is 11.8. The molecule has 1 atom stereocenters. The third kappa shape index (κ3) is 5.85. The van der Waals surface area contributed by atoms with Crippen molar-refractivity contribution in [2.24, 2.45) is 0 Å². The van der Waals surface area contributed by atoms with E-state index in [9.17, 15) is 4.57 Å². The monoisotopic (exact) mass is 210 g/mol. The van der Waals surface area contributed by atoms with Gasteiger partial charge in [-0.15, -0.1) is 0 Å². The molecular weight excluding hydrogens is 191 g/mol. The maximum atomic E-state index is 11.5. The molecule has 0 aliphatic heterocycles. The Morgan fingerprint density at radius 1 is 1.00 bits per heavy atom. The quantitative estimate of drug-likeness (QED) is 0.528. The van der Waals surface area contributed by atoms with E-state index < -0.39 is 23.6 Å². The topological polar surface area (TPSA) is 26.3 Å². The summed E-state index contributed by atoms with van der Waals surface area (Å²) in [6, 6.07) is 0. The highest BCUT2D eigenvalue weighted by Crippen LogP contribution is 2.38. The molecule has 0 spiro atoms. The molecule has 0 saturated carbocycles. The molecule has 1 unspecified atom stereocenters. The number of hydrogen-bond acceptors (Lipinski definition) is 2. The van der Waals surface area contributed by atoms with Crippen molar-refractivity contribution in [3.8, 4) is 0 Å². The van der Waals surface area contributed by atoms with E-state index in [2.05, 4.69) is 39.3 Å². The smallest absolute Gasteiger partial charge is 0.191 e. The first kappa shape index (κ1) is 11.6. The lowest BCUT2D eigenvalue weighted by Crippen LogP contribution is -2.26. The average molecular weight is 210 g/mol. The van der Waals surface area contributed by atoms with Crippen molar-refractivity contribution in [1.29, 1.82) is 0 Å². The molecule has 0 fully saturated rings. The molecule has 0 N–H and O–H groups in total. The van der Waals surface area contributed by atoms with Crippen LogP contribution in [-0.2, 0) is 8.78 Å². The summed E-state index contributed by atoms with van der Waals surface area (Å²) in [7, 11) is -4.79. The van der Waals surface area contributed by atoms with Crippen molar-refractivity contribution >= 4 is 23.6 Å². The van der Waals surface area contributed by atoms with Crippen LogP contribution in [0, 0.1) is 0 Å². The van der Waals surface area contributed by atoms with Crippen LogP contribution in [0.1, 0.15) is 0 Å². The first-order chi connectivity index (χ1) is 4.63. The van der Waals surface area contributed by atoms with E-state index in [4.69, 9.17) is 4.21 Å². The minimum Gasteiger partial charge on any atom is -0.376 e. The van der Waals surface area contributed by atoms with Crippen molar-refractivity contribution in [3.05, 3.63) is 0 Å². The Hall–Kier alpha value is 0.624.